The number of esters is 1. The summed E-state index contributed by atoms with van der Waals surface area (Å²) in [6.07, 6.45) is 1.65. The summed E-state index contributed by atoms with van der Waals surface area (Å²) < 4.78 is 16.2. The molecule has 1 N–H and O–H groups in total. The van der Waals surface area contributed by atoms with E-state index < -0.39 is 11.9 Å². The minimum absolute atomic E-state index is 0.211. The number of aryl methyl sites for hydroxylation is 1. The summed E-state index contributed by atoms with van der Waals surface area (Å²) in [5, 5.41) is 9.03. The highest BCUT2D eigenvalue weighted by Gasteiger charge is 2.11. The van der Waals surface area contributed by atoms with E-state index in [1.165, 1.54) is 19.2 Å². The number of carboxylic acid groups (broad SMARTS) is 1. The van der Waals surface area contributed by atoms with Crippen LogP contribution in [0, 0.1) is 6.92 Å². The van der Waals surface area contributed by atoms with Crippen molar-refractivity contribution in [2.75, 3.05) is 14.2 Å². The molecule has 0 heterocycles. The van der Waals surface area contributed by atoms with Crippen molar-refractivity contribution in [3.8, 4) is 11.5 Å². The summed E-state index contributed by atoms with van der Waals surface area (Å²) >= 11 is 0. The van der Waals surface area contributed by atoms with Gasteiger partial charge in [-0.15, -0.1) is 0 Å². The summed E-state index contributed by atoms with van der Waals surface area (Å²) in [7, 11) is 2.88. The number of hydrogen-bond donors (Lipinski definition) is 1. The summed E-state index contributed by atoms with van der Waals surface area (Å²) in [5.41, 5.74) is 3.66. The fourth-order valence-corrected chi connectivity index (χ4v) is 2.98. The Morgan fingerprint density at radius 3 is 2.38 bits per heavy atom. The number of methoxy groups -OCH3 is 2. The number of aromatic carboxylic acids is 1. The Morgan fingerprint density at radius 1 is 1.00 bits per heavy atom. The lowest BCUT2D eigenvalue weighted by atomic mass is 10.1. The van der Waals surface area contributed by atoms with Gasteiger partial charge in [0.2, 0.25) is 0 Å². The van der Waals surface area contributed by atoms with Gasteiger partial charge < -0.3 is 19.3 Å². The van der Waals surface area contributed by atoms with E-state index in [2.05, 4.69) is 4.99 Å². The molecule has 7 nitrogen and oxygen atoms in total. The van der Waals surface area contributed by atoms with Gasteiger partial charge in [-0.05, 0) is 54.4 Å². The number of benzene rings is 3. The van der Waals surface area contributed by atoms with Gasteiger partial charge in [0, 0.05) is 11.8 Å². The quantitative estimate of drug-likeness (QED) is 0.404. The third-order valence-corrected chi connectivity index (χ3v) is 4.79. The van der Waals surface area contributed by atoms with E-state index in [9.17, 15) is 9.59 Å². The maximum Gasteiger partial charge on any atom is 0.337 e. The van der Waals surface area contributed by atoms with Crippen molar-refractivity contribution < 1.29 is 28.9 Å². The van der Waals surface area contributed by atoms with E-state index in [1.54, 1.807) is 43.7 Å². The molecule has 0 spiro atoms. The number of rotatable bonds is 8. The van der Waals surface area contributed by atoms with Crippen LogP contribution in [0.15, 0.2) is 65.7 Å². The van der Waals surface area contributed by atoms with Crippen LogP contribution in [0.4, 0.5) is 5.69 Å². The summed E-state index contributed by atoms with van der Waals surface area (Å²) in [6, 6.07) is 17.1. The van der Waals surface area contributed by atoms with Gasteiger partial charge in [0.15, 0.2) is 11.5 Å². The predicted octanol–water partition coefficient (Wildman–Crippen LogP) is 4.82. The second-order valence-electron chi connectivity index (χ2n) is 6.92. The molecule has 3 rings (SSSR count). The maximum atomic E-state index is 11.8. The first kappa shape index (κ1) is 22.6. The minimum atomic E-state index is -0.979. The Balaban J connectivity index is 1.86. The molecule has 0 aromatic heterocycles. The predicted molar refractivity (Wildman–Crippen MR) is 120 cm³/mol. The lowest BCUT2D eigenvalue weighted by Crippen LogP contribution is -2.02. The molecule has 3 aromatic carbocycles. The van der Waals surface area contributed by atoms with Gasteiger partial charge in [0.25, 0.3) is 0 Å². The van der Waals surface area contributed by atoms with Crippen LogP contribution in [-0.4, -0.2) is 37.5 Å². The zero-order valence-electron chi connectivity index (χ0n) is 18.0. The van der Waals surface area contributed by atoms with Crippen LogP contribution < -0.4 is 9.47 Å². The number of carboxylic acids is 1. The fourth-order valence-electron chi connectivity index (χ4n) is 2.98. The number of carbonyl (C=O) groups is 2. The molecule has 0 radical (unpaired) electrons. The van der Waals surface area contributed by atoms with Crippen LogP contribution in [0.3, 0.4) is 0 Å². The van der Waals surface area contributed by atoms with Crippen LogP contribution >= 0.6 is 0 Å². The van der Waals surface area contributed by atoms with Crippen molar-refractivity contribution in [3.63, 3.8) is 0 Å². The highest BCUT2D eigenvalue weighted by molar-refractivity contribution is 5.92. The minimum Gasteiger partial charge on any atom is -0.493 e. The summed E-state index contributed by atoms with van der Waals surface area (Å²) in [6.45, 7) is 2.12. The number of carbonyl (C=O) groups excluding carboxylic acids is 1. The molecule has 0 saturated carbocycles. The molecule has 0 fully saturated rings. The van der Waals surface area contributed by atoms with Crippen LogP contribution in [0.5, 0.6) is 11.5 Å². The monoisotopic (exact) mass is 433 g/mol. The molecular formula is C25H23NO6. The Kier molecular flexibility index (Phi) is 7.23. The molecule has 0 aliphatic heterocycles. The van der Waals surface area contributed by atoms with Crippen LogP contribution in [0.1, 0.15) is 37.4 Å². The number of ether oxygens (including phenoxy) is 3. The molecule has 0 amide bonds. The SMILES string of the molecule is COC(=O)c1ccc(C)c(N=Cc2cccc(OC)c2OCc2ccc(C(=O)O)cc2)c1. The van der Waals surface area contributed by atoms with Crippen LogP contribution in [0.25, 0.3) is 0 Å². The van der Waals surface area contributed by atoms with Crippen molar-refractivity contribution in [2.45, 2.75) is 13.5 Å². The van der Waals surface area contributed by atoms with E-state index in [1.807, 2.05) is 25.1 Å². The van der Waals surface area contributed by atoms with Gasteiger partial charge in [0.05, 0.1) is 31.0 Å². The fraction of sp³-hybridized carbons (Fsp3) is 0.160. The first-order chi connectivity index (χ1) is 15.4. The zero-order chi connectivity index (χ0) is 23.1. The normalized spacial score (nSPS) is 10.7. The average Bonchev–Trinajstić information content (AvgIpc) is 2.82. The molecule has 0 atom stereocenters. The maximum absolute atomic E-state index is 11.8. The molecule has 7 heteroatoms. The standard InChI is InChI=1S/C25H23NO6/c1-16-7-10-19(25(29)31-3)13-21(16)26-14-20-5-4-6-22(30-2)23(20)32-15-17-8-11-18(12-9-17)24(27)28/h4-14H,15H2,1-3H3,(H,27,28). The molecule has 0 saturated heterocycles. The smallest absolute Gasteiger partial charge is 0.337 e. The van der Waals surface area contributed by atoms with E-state index in [4.69, 9.17) is 19.3 Å². The molecule has 0 bridgehead atoms. The number of aliphatic imine (C=N–C) groups is 1. The van der Waals surface area contributed by atoms with E-state index in [0.29, 0.717) is 28.3 Å². The van der Waals surface area contributed by atoms with Gasteiger partial charge in [-0.1, -0.05) is 24.3 Å². The second-order valence-corrected chi connectivity index (χ2v) is 6.92. The number of nitrogens with zero attached hydrogens (tertiary/aromatic N) is 1. The highest BCUT2D eigenvalue weighted by Crippen LogP contribution is 2.31. The molecule has 0 unspecified atom stereocenters. The van der Waals surface area contributed by atoms with Gasteiger partial charge in [-0.25, -0.2) is 9.59 Å². The van der Waals surface area contributed by atoms with E-state index >= 15 is 0 Å². The van der Waals surface area contributed by atoms with E-state index in [0.717, 1.165) is 11.1 Å². The van der Waals surface area contributed by atoms with Crippen molar-refractivity contribution in [2.24, 2.45) is 4.99 Å². The van der Waals surface area contributed by atoms with Crippen molar-refractivity contribution in [1.82, 2.24) is 0 Å². The van der Waals surface area contributed by atoms with Gasteiger partial charge >= 0.3 is 11.9 Å². The number of para-hydroxylation sites is 1. The van der Waals surface area contributed by atoms with Crippen molar-refractivity contribution >= 4 is 23.8 Å². The second kappa shape index (κ2) is 10.3. The average molecular weight is 433 g/mol. The molecular weight excluding hydrogens is 410 g/mol. The Morgan fingerprint density at radius 2 is 1.72 bits per heavy atom. The Hall–Kier alpha value is -4.13. The largest absolute Gasteiger partial charge is 0.493 e. The lowest BCUT2D eigenvalue weighted by Gasteiger charge is -2.13. The zero-order valence-corrected chi connectivity index (χ0v) is 18.0. The Labute approximate surface area is 185 Å². The summed E-state index contributed by atoms with van der Waals surface area (Å²) in [4.78, 5) is 27.4. The van der Waals surface area contributed by atoms with Gasteiger partial charge in [-0.2, -0.15) is 0 Å². The molecule has 3 aromatic rings. The molecule has 164 valence electrons. The summed E-state index contributed by atoms with van der Waals surface area (Å²) in [5.74, 6) is -0.369. The molecule has 0 aliphatic carbocycles. The lowest BCUT2D eigenvalue weighted by molar-refractivity contribution is 0.0600. The van der Waals surface area contributed by atoms with Crippen molar-refractivity contribution in [3.05, 3.63) is 88.5 Å². The van der Waals surface area contributed by atoms with Gasteiger partial charge in [0.1, 0.15) is 6.61 Å². The molecule has 32 heavy (non-hydrogen) atoms. The number of hydrogen-bond acceptors (Lipinski definition) is 6. The highest BCUT2D eigenvalue weighted by atomic mass is 16.5. The van der Waals surface area contributed by atoms with Crippen LogP contribution in [0.2, 0.25) is 0 Å². The van der Waals surface area contributed by atoms with Crippen LogP contribution in [-0.2, 0) is 11.3 Å². The van der Waals surface area contributed by atoms with E-state index in [-0.39, 0.29) is 12.2 Å². The first-order valence-electron chi connectivity index (χ1n) is 9.78. The topological polar surface area (TPSA) is 94.4 Å². The van der Waals surface area contributed by atoms with Crippen molar-refractivity contribution in [1.29, 1.82) is 0 Å². The Bertz CT molecular complexity index is 1150. The third kappa shape index (κ3) is 5.31. The molecule has 0 aliphatic rings. The van der Waals surface area contributed by atoms with Gasteiger partial charge in [-0.3, -0.25) is 4.99 Å². The third-order valence-electron chi connectivity index (χ3n) is 4.79. The first-order valence-corrected chi connectivity index (χ1v) is 9.78.